The van der Waals surface area contributed by atoms with Crippen molar-refractivity contribution in [1.29, 1.82) is 0 Å². The fraction of sp³-hybridized carbons (Fsp3) is 0.0149. The number of benzene rings is 11. The topological polar surface area (TPSA) is 8.17 Å². The van der Waals surface area contributed by atoms with Gasteiger partial charge in [-0.3, -0.25) is 0 Å². The lowest BCUT2D eigenvalue weighted by atomic mass is 9.65. The van der Waals surface area contributed by atoms with Crippen LogP contribution in [-0.2, 0) is 5.41 Å². The predicted octanol–water partition coefficient (Wildman–Crippen LogP) is 17.6. The number of aromatic nitrogens is 1. The van der Waals surface area contributed by atoms with Gasteiger partial charge in [-0.05, 0) is 121 Å². The van der Waals surface area contributed by atoms with Crippen LogP contribution >= 0.6 is 0 Å². The van der Waals surface area contributed by atoms with Crippen molar-refractivity contribution in [3.8, 4) is 61.3 Å². The second kappa shape index (κ2) is 15.6. The summed E-state index contributed by atoms with van der Waals surface area (Å²) in [6, 6.07) is 98.7. The van der Waals surface area contributed by atoms with Gasteiger partial charge < -0.3 is 9.47 Å². The van der Waals surface area contributed by atoms with Crippen LogP contribution < -0.4 is 4.90 Å². The van der Waals surface area contributed by atoms with E-state index in [1.54, 1.807) is 0 Å². The molecular weight excluding hydrogens is 833 g/mol. The minimum absolute atomic E-state index is 0.576. The molecule has 14 rings (SSSR count). The normalized spacial score (nSPS) is 12.8. The van der Waals surface area contributed by atoms with Crippen LogP contribution in [0.1, 0.15) is 22.3 Å². The molecule has 2 heterocycles. The van der Waals surface area contributed by atoms with Gasteiger partial charge in [-0.2, -0.15) is 0 Å². The molecule has 1 aromatic heterocycles. The largest absolute Gasteiger partial charge is 0.310 e. The maximum Gasteiger partial charge on any atom is 0.0755 e. The monoisotopic (exact) mass is 876 g/mol. The highest BCUT2D eigenvalue weighted by Gasteiger charge is 2.51. The highest BCUT2D eigenvalue weighted by atomic mass is 15.1. The van der Waals surface area contributed by atoms with Crippen LogP contribution in [0.5, 0.6) is 0 Å². The third-order valence-electron chi connectivity index (χ3n) is 14.8. The third-order valence-corrected chi connectivity index (χ3v) is 14.8. The smallest absolute Gasteiger partial charge is 0.0755 e. The molecule has 1 spiro atoms. The summed E-state index contributed by atoms with van der Waals surface area (Å²) in [6.45, 7) is 0. The molecule has 0 atom stereocenters. The third kappa shape index (κ3) is 5.92. The molecule has 1 aliphatic heterocycles. The van der Waals surface area contributed by atoms with E-state index in [-0.39, 0.29) is 0 Å². The fourth-order valence-electron chi connectivity index (χ4n) is 11.8. The minimum Gasteiger partial charge on any atom is -0.310 e. The van der Waals surface area contributed by atoms with Crippen molar-refractivity contribution in [2.24, 2.45) is 0 Å². The van der Waals surface area contributed by atoms with Gasteiger partial charge in [0.2, 0.25) is 0 Å². The molecule has 0 bridgehead atoms. The summed E-state index contributed by atoms with van der Waals surface area (Å²) in [5, 5.41) is 2.55. The van der Waals surface area contributed by atoms with E-state index in [9.17, 15) is 0 Å². The first-order chi connectivity index (χ1) is 34.2. The van der Waals surface area contributed by atoms with Crippen molar-refractivity contribution < 1.29 is 0 Å². The van der Waals surface area contributed by atoms with Crippen LogP contribution in [0, 0.1) is 0 Å². The van der Waals surface area contributed by atoms with Gasteiger partial charge >= 0.3 is 0 Å². The lowest BCUT2D eigenvalue weighted by Gasteiger charge is -2.40. The quantitative estimate of drug-likeness (QED) is 0.155. The van der Waals surface area contributed by atoms with Crippen LogP contribution in [0.3, 0.4) is 0 Å². The van der Waals surface area contributed by atoms with Crippen LogP contribution in [0.2, 0.25) is 0 Å². The second-order valence-corrected chi connectivity index (χ2v) is 18.4. The molecule has 1 aliphatic carbocycles. The van der Waals surface area contributed by atoms with Crippen LogP contribution in [0.25, 0.3) is 83.1 Å². The Morgan fingerprint density at radius 3 is 1.46 bits per heavy atom. The number of hydrogen-bond donors (Lipinski definition) is 0. The Kier molecular flexibility index (Phi) is 8.84. The summed E-state index contributed by atoms with van der Waals surface area (Å²) in [6.07, 6.45) is 0. The lowest BCUT2D eigenvalue weighted by Crippen LogP contribution is -2.33. The number of rotatable bonds is 7. The zero-order valence-electron chi connectivity index (χ0n) is 37.8. The van der Waals surface area contributed by atoms with E-state index in [0.29, 0.717) is 0 Å². The minimum atomic E-state index is -0.576. The Morgan fingerprint density at radius 2 is 0.768 bits per heavy atom. The van der Waals surface area contributed by atoms with Gasteiger partial charge in [-0.25, -0.2) is 0 Å². The number of fused-ring (bicyclic) bond motifs is 12. The van der Waals surface area contributed by atoms with Crippen molar-refractivity contribution in [3.05, 3.63) is 289 Å². The van der Waals surface area contributed by atoms with Gasteiger partial charge in [0.15, 0.2) is 0 Å². The van der Waals surface area contributed by atoms with E-state index >= 15 is 0 Å². The molecule has 2 aliphatic rings. The van der Waals surface area contributed by atoms with Crippen molar-refractivity contribution in [1.82, 2.24) is 4.57 Å². The van der Waals surface area contributed by atoms with E-state index in [0.717, 1.165) is 28.2 Å². The van der Waals surface area contributed by atoms with E-state index in [2.05, 4.69) is 276 Å². The van der Waals surface area contributed by atoms with Gasteiger partial charge in [0.25, 0.3) is 0 Å². The molecule has 0 N–H and O–H groups in total. The number of nitrogens with zero attached hydrogens (tertiary/aromatic N) is 2. The van der Waals surface area contributed by atoms with E-state index in [4.69, 9.17) is 0 Å². The van der Waals surface area contributed by atoms with E-state index in [1.165, 1.54) is 94.3 Å². The number of para-hydroxylation sites is 3. The average Bonchev–Trinajstić information content (AvgIpc) is 3.93. The molecule has 2 heteroatoms. The summed E-state index contributed by atoms with van der Waals surface area (Å²) >= 11 is 0. The van der Waals surface area contributed by atoms with E-state index in [1.807, 2.05) is 0 Å². The zero-order chi connectivity index (χ0) is 45.5. The van der Waals surface area contributed by atoms with Crippen LogP contribution in [-0.4, -0.2) is 4.57 Å². The number of hydrogen-bond acceptors (Lipinski definition) is 1. The maximum atomic E-state index is 2.54. The Bertz CT molecular complexity index is 3890. The summed E-state index contributed by atoms with van der Waals surface area (Å²) in [5.41, 5.74) is 23.7. The van der Waals surface area contributed by atoms with Gasteiger partial charge in [0.1, 0.15) is 0 Å². The molecule has 0 saturated carbocycles. The molecule has 12 aromatic rings. The molecule has 0 unspecified atom stereocenters. The summed E-state index contributed by atoms with van der Waals surface area (Å²) in [7, 11) is 0. The standard InChI is InChI=1S/C67H44N2/c1-3-17-45(18-4-1)47-33-35-48(36-34-47)49-37-39-52(40-38-49)68(63-31-13-9-23-54(63)51-22-15-21-50(43-51)46-19-5-2-6-20-46)53-41-42-65-62(44-53)67(59-28-11-7-24-55(59)56-25-8-12-29-60(56)67)61-30-16-27-58-57-26-10-14-32-64(57)69(65)66(58)61/h1-44H. The average molecular weight is 877 g/mol. The summed E-state index contributed by atoms with van der Waals surface area (Å²) < 4.78 is 2.54. The van der Waals surface area contributed by atoms with Crippen molar-refractivity contribution in [3.63, 3.8) is 0 Å². The van der Waals surface area contributed by atoms with Crippen LogP contribution in [0.15, 0.2) is 267 Å². The van der Waals surface area contributed by atoms with Gasteiger partial charge in [0.05, 0.1) is 27.8 Å². The molecular formula is C67H44N2. The maximum absolute atomic E-state index is 2.54. The SMILES string of the molecule is c1ccc(-c2ccc(-c3ccc(N(c4ccc5c(c4)C4(c6ccccc6-c6ccccc64)c4cccc6c7ccccc7n-5c46)c4ccccc4-c4cccc(-c5ccccc5)c4)cc3)cc2)cc1. The first-order valence-electron chi connectivity index (χ1n) is 23.9. The molecule has 0 radical (unpaired) electrons. The molecule has 0 saturated heterocycles. The van der Waals surface area contributed by atoms with Crippen molar-refractivity contribution in [2.75, 3.05) is 4.90 Å². The molecule has 69 heavy (non-hydrogen) atoms. The molecule has 0 fully saturated rings. The first kappa shape index (κ1) is 39.2. The van der Waals surface area contributed by atoms with Gasteiger partial charge in [-0.1, -0.05) is 218 Å². The highest BCUT2D eigenvalue weighted by Crippen LogP contribution is 2.61. The Morgan fingerprint density at radius 1 is 0.290 bits per heavy atom. The fourth-order valence-corrected chi connectivity index (χ4v) is 11.8. The molecule has 0 amide bonds. The lowest BCUT2D eigenvalue weighted by molar-refractivity contribution is 0.748. The van der Waals surface area contributed by atoms with E-state index < -0.39 is 5.41 Å². The van der Waals surface area contributed by atoms with Crippen LogP contribution in [0.4, 0.5) is 17.1 Å². The second-order valence-electron chi connectivity index (χ2n) is 18.4. The summed E-state index contributed by atoms with van der Waals surface area (Å²) in [5.74, 6) is 0. The Balaban J connectivity index is 1.01. The predicted molar refractivity (Wildman–Crippen MR) is 288 cm³/mol. The zero-order valence-corrected chi connectivity index (χ0v) is 37.8. The highest BCUT2D eigenvalue weighted by molar-refractivity contribution is 6.13. The molecule has 2 nitrogen and oxygen atoms in total. The van der Waals surface area contributed by atoms with Gasteiger partial charge in [0, 0.05) is 27.7 Å². The molecule has 11 aromatic carbocycles. The first-order valence-corrected chi connectivity index (χ1v) is 23.9. The molecule has 322 valence electrons. The number of anilines is 3. The van der Waals surface area contributed by atoms with Gasteiger partial charge in [-0.15, -0.1) is 0 Å². The van der Waals surface area contributed by atoms with Crippen molar-refractivity contribution in [2.45, 2.75) is 5.41 Å². The Hall–Kier alpha value is -8.98. The van der Waals surface area contributed by atoms with Crippen molar-refractivity contribution >= 4 is 38.9 Å². The Labute approximate surface area is 402 Å². The summed E-state index contributed by atoms with van der Waals surface area (Å²) in [4.78, 5) is 2.48.